The zero-order valence-electron chi connectivity index (χ0n) is 86.6. The van der Waals surface area contributed by atoms with Gasteiger partial charge >= 0.3 is 0 Å². The highest BCUT2D eigenvalue weighted by Gasteiger charge is 2.20. The molecule has 0 aliphatic carbocycles. The van der Waals surface area contributed by atoms with E-state index in [4.69, 9.17) is 108 Å². The summed E-state index contributed by atoms with van der Waals surface area (Å²) < 4.78 is 70.8. The van der Waals surface area contributed by atoms with Crippen LogP contribution in [0.5, 0.6) is 46.0 Å². The van der Waals surface area contributed by atoms with E-state index < -0.39 is 0 Å². The molecule has 0 N–H and O–H groups in total. The zero-order chi connectivity index (χ0) is 104. The summed E-state index contributed by atoms with van der Waals surface area (Å²) in [4.78, 5) is 4.60. The van der Waals surface area contributed by atoms with Gasteiger partial charge in [-0.1, -0.05) is 318 Å². The Hall–Kier alpha value is -12.9. The molecule has 15 nitrogen and oxygen atoms in total. The molecule has 0 bridgehead atoms. The molecule has 14 aromatic rings. The van der Waals surface area contributed by atoms with Gasteiger partial charge in [-0.05, 0) is 286 Å². The SMILES string of the molecule is CC/C(=C(\c1ccccc1)c1ccc(OCCN(C)CC)cc1)c1ccccc1.CCN(CC)CCOc1ccc(/C(=C(/Cl)c2ccccc2)c2ccccc2)cc1.CCc1ccc(/C(=C(\Cl)c2ccc(OC)cc2)c2ccc(OC)cc2)cc1.CCc1ccc(/C=C(\Cl)c2ccc(OC)cc2)cc1.COCCOCCOCCOCCOCCOc1ccc(/C(=C(/Cl)c2ccc(OC)cc2)c2ccc(OC)cc2)cc1. The van der Waals surface area contributed by atoms with Gasteiger partial charge in [0, 0.05) is 42.0 Å². The van der Waals surface area contributed by atoms with Gasteiger partial charge in [0.05, 0.1) is 110 Å². The Balaban J connectivity index is 0.000000191. The lowest BCUT2D eigenvalue weighted by Crippen LogP contribution is -2.27. The molecule has 14 rings (SSSR count). The first kappa shape index (κ1) is 115. The predicted octanol–water partition coefficient (Wildman–Crippen LogP) is 30.3. The Kier molecular flexibility index (Phi) is 51.6. The zero-order valence-corrected chi connectivity index (χ0v) is 89.6. The van der Waals surface area contributed by atoms with E-state index in [0.29, 0.717) is 89.3 Å². The van der Waals surface area contributed by atoms with Crippen molar-refractivity contribution in [3.05, 3.63) is 453 Å². The van der Waals surface area contributed by atoms with Crippen LogP contribution in [0.25, 0.3) is 54.1 Å². The number of methoxy groups -OCH3 is 6. The third-order valence-electron chi connectivity index (χ3n) is 24.1. The molecule has 0 atom stereocenters. The summed E-state index contributed by atoms with van der Waals surface area (Å²) in [6.45, 7) is 24.6. The molecule has 146 heavy (non-hydrogen) atoms. The van der Waals surface area contributed by atoms with E-state index in [9.17, 15) is 0 Å². The number of aryl methyl sites for hydroxylation is 2. The number of nitrogens with zero attached hydrogens (tertiary/aromatic N) is 2. The Morgan fingerprint density at radius 1 is 0.240 bits per heavy atom. The van der Waals surface area contributed by atoms with Crippen molar-refractivity contribution in [1.82, 2.24) is 9.80 Å². The summed E-state index contributed by atoms with van der Waals surface area (Å²) in [5, 5.41) is 2.80. The van der Waals surface area contributed by atoms with Gasteiger partial charge in [-0.3, -0.25) is 0 Å². The smallest absolute Gasteiger partial charge is 0.119 e. The van der Waals surface area contributed by atoms with Gasteiger partial charge in [0.1, 0.15) is 65.8 Å². The topological polar surface area (TPSA) is 126 Å². The first-order valence-corrected chi connectivity index (χ1v) is 51.3. The van der Waals surface area contributed by atoms with Crippen LogP contribution in [0.1, 0.15) is 137 Å². The minimum absolute atomic E-state index is 0.430. The van der Waals surface area contributed by atoms with Crippen LogP contribution in [-0.4, -0.2) is 172 Å². The molecule has 0 aromatic heterocycles. The molecule has 14 aromatic carbocycles. The predicted molar refractivity (Wildman–Crippen MR) is 610 cm³/mol. The molecule has 0 aliphatic heterocycles. The highest BCUT2D eigenvalue weighted by molar-refractivity contribution is 6.54. The largest absolute Gasteiger partial charge is 0.497 e. The first-order valence-electron chi connectivity index (χ1n) is 49.8. The number of allylic oxidation sites excluding steroid dienone is 1. The minimum Gasteiger partial charge on any atom is -0.497 e. The number of likely N-dealkylation sites (N-methyl/N-ethyl adjacent to an activating group) is 2. The van der Waals surface area contributed by atoms with Crippen LogP contribution in [0.2, 0.25) is 0 Å². The second-order valence-electron chi connectivity index (χ2n) is 33.5. The maximum absolute atomic E-state index is 6.99. The second kappa shape index (κ2) is 65.5. The molecule has 0 radical (unpaired) electrons. The van der Waals surface area contributed by atoms with Gasteiger partial charge in [-0.2, -0.15) is 0 Å². The molecule has 19 heteroatoms. The van der Waals surface area contributed by atoms with Gasteiger partial charge < -0.3 is 71.4 Å². The van der Waals surface area contributed by atoms with Crippen molar-refractivity contribution < 1.29 is 61.6 Å². The van der Waals surface area contributed by atoms with E-state index in [0.717, 1.165) is 186 Å². The molecule has 0 unspecified atom stereocenters. The monoisotopic (exact) mass is 2040 g/mol. The number of hydrogen-bond donors (Lipinski definition) is 0. The van der Waals surface area contributed by atoms with Gasteiger partial charge in [0.2, 0.25) is 0 Å². The Bertz CT molecular complexity index is 6150. The van der Waals surface area contributed by atoms with Crippen molar-refractivity contribution in [2.45, 2.75) is 60.8 Å². The quantitative estimate of drug-likeness (QED) is 0.0265. The highest BCUT2D eigenvalue weighted by Crippen LogP contribution is 2.42. The molecular formula is C127H140Cl4N2O13. The average molecular weight is 2040 g/mol. The maximum atomic E-state index is 6.99. The number of benzene rings is 14. The van der Waals surface area contributed by atoms with Crippen molar-refractivity contribution in [2.75, 3.05) is 162 Å². The maximum Gasteiger partial charge on any atom is 0.119 e. The van der Waals surface area contributed by atoms with Crippen molar-refractivity contribution in [3.8, 4) is 46.0 Å². The van der Waals surface area contributed by atoms with Crippen LogP contribution in [0.4, 0.5) is 0 Å². The lowest BCUT2D eigenvalue weighted by molar-refractivity contribution is -0.00978. The first-order chi connectivity index (χ1) is 71.5. The summed E-state index contributed by atoms with van der Waals surface area (Å²) in [5.74, 6) is 6.56. The normalized spacial score (nSPS) is 11.8. The van der Waals surface area contributed by atoms with Crippen LogP contribution < -0.4 is 37.9 Å². The molecule has 0 fully saturated rings. The van der Waals surface area contributed by atoms with Gasteiger partial charge in [-0.25, -0.2) is 0 Å². The van der Waals surface area contributed by atoms with Crippen molar-refractivity contribution in [2.24, 2.45) is 0 Å². The second-order valence-corrected chi connectivity index (χ2v) is 35.0. The van der Waals surface area contributed by atoms with Gasteiger partial charge in [0.25, 0.3) is 0 Å². The lowest BCUT2D eigenvalue weighted by atomic mass is 9.88. The molecule has 0 amide bonds. The summed E-state index contributed by atoms with van der Waals surface area (Å²) >= 11 is 27.1. The molecule has 764 valence electrons. The van der Waals surface area contributed by atoms with Crippen LogP contribution in [-0.2, 0) is 36.5 Å². The molecule has 0 saturated carbocycles. The minimum atomic E-state index is 0.430. The van der Waals surface area contributed by atoms with E-state index in [1.54, 1.807) is 42.7 Å². The molecule has 0 heterocycles. The Labute approximate surface area is 887 Å². The number of hydrogen-bond acceptors (Lipinski definition) is 15. The number of ether oxygens (including phenoxy) is 13. The molecule has 0 aliphatic rings. The van der Waals surface area contributed by atoms with E-state index in [-0.39, 0.29) is 0 Å². The molecule has 0 spiro atoms. The van der Waals surface area contributed by atoms with E-state index in [1.807, 2.05) is 212 Å². The van der Waals surface area contributed by atoms with E-state index >= 15 is 0 Å². The fraction of sp³-hybridized carbons (Fsp3) is 0.260. The van der Waals surface area contributed by atoms with Crippen LogP contribution in [0.15, 0.2) is 364 Å². The summed E-state index contributed by atoms with van der Waals surface area (Å²) in [6.07, 6.45) is 5.00. The fourth-order valence-electron chi connectivity index (χ4n) is 15.5. The summed E-state index contributed by atoms with van der Waals surface area (Å²) in [5.41, 5.74) is 23.1. The average Bonchev–Trinajstić information content (AvgIpc) is 0.817. The molecular weight excluding hydrogens is 1900 g/mol. The van der Waals surface area contributed by atoms with Crippen molar-refractivity contribution in [3.63, 3.8) is 0 Å². The highest BCUT2D eigenvalue weighted by atomic mass is 35.5. The van der Waals surface area contributed by atoms with Crippen molar-refractivity contribution in [1.29, 1.82) is 0 Å². The van der Waals surface area contributed by atoms with Crippen LogP contribution in [0.3, 0.4) is 0 Å². The Morgan fingerprint density at radius 2 is 0.493 bits per heavy atom. The summed E-state index contributed by atoms with van der Waals surface area (Å²) in [6, 6.07) is 122. The number of halogens is 4. The Morgan fingerprint density at radius 3 is 0.808 bits per heavy atom. The third kappa shape index (κ3) is 37.8. The number of rotatable bonds is 49. The van der Waals surface area contributed by atoms with Crippen LogP contribution in [0, 0.1) is 0 Å². The standard InChI is InChI=1S/C33H41ClO8.C27H31NO.C26H28ClNO.C24H23ClO2.C17H17ClO/c1-35-16-17-38-18-19-39-20-21-40-22-23-41-24-25-42-31-14-6-27(7-15-31)32(26-4-10-29(36-2)11-5-26)33(34)28-8-12-30(37-3)13-9-28;1-4-26(22-12-8-6-9-13-22)27(23-14-10-7-11-15-23)24-16-18-25(19-17-24)29-21-20-28(3)5-2;1-3-28(4-2)19-20-29-24-17-15-22(16-18-24)25(21-11-7-5-8-12-21)26(27)23-13-9-6-10-14-23;1-4-17-5-7-18(8-6-17)23(19-9-13-21(26-2)14-10-19)24(25)20-11-15-22(27-3)16-12-20;1-3-13-4-6-14(7-5-13)12-17(18)15-8-10-16(19-2)11-9-15/h4-15H,16-25H2,1-3H3;6-19H,4-5,20-21H2,1-3H3;5-18H,3-4,19-20H2,1-2H3;5-16H,4H2,1-3H3;4-12H,3H2,1-2H3/b33-32+;27-26-;26-25+;24-23+;17-12-. The van der Waals surface area contributed by atoms with Gasteiger partial charge in [-0.15, -0.1) is 0 Å². The van der Waals surface area contributed by atoms with E-state index in [1.165, 1.54) is 39.0 Å². The lowest BCUT2D eigenvalue weighted by Gasteiger charge is -2.18. The fourth-order valence-corrected chi connectivity index (χ4v) is 16.8. The van der Waals surface area contributed by atoms with Gasteiger partial charge in [0.15, 0.2) is 0 Å². The van der Waals surface area contributed by atoms with Crippen molar-refractivity contribution >= 4 is 100 Å². The molecule has 0 saturated heterocycles. The van der Waals surface area contributed by atoms with Crippen LogP contribution >= 0.6 is 46.4 Å². The van der Waals surface area contributed by atoms with E-state index in [2.05, 4.69) is 216 Å². The third-order valence-corrected chi connectivity index (χ3v) is 25.6. The summed E-state index contributed by atoms with van der Waals surface area (Å²) in [7, 11) is 12.0.